The van der Waals surface area contributed by atoms with E-state index < -0.39 is 0 Å². The van der Waals surface area contributed by atoms with Crippen LogP contribution in [0.15, 0.2) is 12.4 Å². The minimum absolute atomic E-state index is 0.354. The van der Waals surface area contributed by atoms with Gasteiger partial charge in [-0.3, -0.25) is 4.98 Å². The van der Waals surface area contributed by atoms with Crippen LogP contribution in [-0.2, 0) is 0 Å². The Morgan fingerprint density at radius 2 is 2.31 bits per heavy atom. The Morgan fingerprint density at radius 1 is 1.54 bits per heavy atom. The van der Waals surface area contributed by atoms with E-state index in [9.17, 15) is 0 Å². The van der Waals surface area contributed by atoms with Gasteiger partial charge in [-0.2, -0.15) is 0 Å². The Morgan fingerprint density at radius 3 is 2.92 bits per heavy atom. The van der Waals surface area contributed by atoms with Crippen molar-refractivity contribution >= 4 is 17.3 Å². The molecule has 0 saturated heterocycles. The van der Waals surface area contributed by atoms with E-state index in [4.69, 9.17) is 16.3 Å². The van der Waals surface area contributed by atoms with Crippen LogP contribution in [0.2, 0.25) is 5.02 Å². The first-order valence-corrected chi connectivity index (χ1v) is 4.67. The fourth-order valence-electron chi connectivity index (χ4n) is 1.07. The molecule has 70 valence electrons. The topological polar surface area (TPSA) is 34.2 Å². The Balaban J connectivity index is 2.27. The number of nitrogens with one attached hydrogen (secondary N) is 1. The van der Waals surface area contributed by atoms with E-state index in [1.807, 2.05) is 7.05 Å². The van der Waals surface area contributed by atoms with Crippen molar-refractivity contribution in [1.82, 2.24) is 4.98 Å². The number of halogens is 1. The molecule has 0 aromatic carbocycles. The summed E-state index contributed by atoms with van der Waals surface area (Å²) in [5, 5.41) is 3.57. The molecule has 0 bridgehead atoms. The largest absolute Gasteiger partial charge is 0.487 e. The van der Waals surface area contributed by atoms with Crippen LogP contribution in [0.5, 0.6) is 5.75 Å². The van der Waals surface area contributed by atoms with Crippen LogP contribution < -0.4 is 10.1 Å². The molecule has 4 heteroatoms. The second-order valence-electron chi connectivity index (χ2n) is 3.07. The van der Waals surface area contributed by atoms with Crippen molar-refractivity contribution in [2.45, 2.75) is 18.9 Å². The first-order valence-electron chi connectivity index (χ1n) is 4.29. The van der Waals surface area contributed by atoms with Gasteiger partial charge in [0.15, 0.2) is 5.75 Å². The van der Waals surface area contributed by atoms with Gasteiger partial charge < -0.3 is 10.1 Å². The number of nitrogens with zero attached hydrogens (tertiary/aromatic N) is 1. The second-order valence-corrected chi connectivity index (χ2v) is 3.47. The van der Waals surface area contributed by atoms with Crippen molar-refractivity contribution < 1.29 is 4.74 Å². The highest BCUT2D eigenvalue weighted by molar-refractivity contribution is 6.32. The molecule has 0 amide bonds. The van der Waals surface area contributed by atoms with Gasteiger partial charge in [0.2, 0.25) is 0 Å². The maximum absolute atomic E-state index is 5.95. The number of ether oxygens (including phenoxy) is 1. The average molecular weight is 199 g/mol. The van der Waals surface area contributed by atoms with Gasteiger partial charge in [-0.15, -0.1) is 0 Å². The number of anilines is 1. The molecule has 1 N–H and O–H groups in total. The summed E-state index contributed by atoms with van der Waals surface area (Å²) in [5.41, 5.74) is 0.847. The monoisotopic (exact) mass is 198 g/mol. The fraction of sp³-hybridized carbons (Fsp3) is 0.444. The van der Waals surface area contributed by atoms with Gasteiger partial charge in [0, 0.05) is 13.2 Å². The van der Waals surface area contributed by atoms with Gasteiger partial charge >= 0.3 is 0 Å². The van der Waals surface area contributed by atoms with Crippen LogP contribution in [0.3, 0.4) is 0 Å². The standard InChI is InChI=1S/C9H11ClN2O/c1-11-8-5-12-4-7(10)9(8)13-6-2-3-6/h4-6,11H,2-3H2,1H3. The summed E-state index contributed by atoms with van der Waals surface area (Å²) in [4.78, 5) is 3.97. The number of hydrogen-bond donors (Lipinski definition) is 1. The summed E-state index contributed by atoms with van der Waals surface area (Å²) < 4.78 is 5.64. The van der Waals surface area contributed by atoms with Crippen molar-refractivity contribution in [3.05, 3.63) is 17.4 Å². The fourth-order valence-corrected chi connectivity index (χ4v) is 1.28. The van der Waals surface area contributed by atoms with E-state index in [-0.39, 0.29) is 0 Å². The summed E-state index contributed by atoms with van der Waals surface area (Å²) in [6.07, 6.45) is 5.92. The molecule has 1 aromatic rings. The first kappa shape index (κ1) is 8.63. The van der Waals surface area contributed by atoms with Crippen LogP contribution >= 0.6 is 11.6 Å². The normalized spacial score (nSPS) is 15.5. The number of aromatic nitrogens is 1. The smallest absolute Gasteiger partial charge is 0.164 e. The van der Waals surface area contributed by atoms with E-state index in [1.54, 1.807) is 12.4 Å². The molecule has 1 heterocycles. The Bertz CT molecular complexity index is 312. The van der Waals surface area contributed by atoms with Crippen molar-refractivity contribution in [3.8, 4) is 5.75 Å². The van der Waals surface area contributed by atoms with E-state index in [0.717, 1.165) is 24.3 Å². The Labute approximate surface area is 82.1 Å². The molecule has 3 nitrogen and oxygen atoms in total. The molecule has 1 saturated carbocycles. The minimum Gasteiger partial charge on any atom is -0.487 e. The predicted molar refractivity (Wildman–Crippen MR) is 52.4 cm³/mol. The summed E-state index contributed by atoms with van der Waals surface area (Å²) in [5.74, 6) is 0.724. The molecule has 13 heavy (non-hydrogen) atoms. The zero-order valence-corrected chi connectivity index (χ0v) is 8.14. The Hall–Kier alpha value is -0.960. The van der Waals surface area contributed by atoms with Crippen molar-refractivity contribution in [2.75, 3.05) is 12.4 Å². The van der Waals surface area contributed by atoms with Gasteiger partial charge in [0.1, 0.15) is 5.02 Å². The highest BCUT2D eigenvalue weighted by atomic mass is 35.5. The lowest BCUT2D eigenvalue weighted by Gasteiger charge is -2.10. The molecule has 0 aliphatic heterocycles. The molecule has 0 radical (unpaired) electrons. The quantitative estimate of drug-likeness (QED) is 0.810. The van der Waals surface area contributed by atoms with Crippen molar-refractivity contribution in [2.24, 2.45) is 0 Å². The number of rotatable bonds is 3. The summed E-state index contributed by atoms with van der Waals surface area (Å²) in [6.45, 7) is 0. The van der Waals surface area contributed by atoms with E-state index in [1.165, 1.54) is 0 Å². The Kier molecular flexibility index (Phi) is 2.27. The van der Waals surface area contributed by atoms with Crippen LogP contribution in [0.25, 0.3) is 0 Å². The minimum atomic E-state index is 0.354. The first-order chi connectivity index (χ1) is 6.31. The zero-order chi connectivity index (χ0) is 9.26. The van der Waals surface area contributed by atoms with Gasteiger partial charge in [-0.1, -0.05) is 11.6 Å². The molecule has 1 aliphatic rings. The van der Waals surface area contributed by atoms with E-state index >= 15 is 0 Å². The molecule has 0 spiro atoms. The molecule has 0 unspecified atom stereocenters. The van der Waals surface area contributed by atoms with E-state index in [0.29, 0.717) is 11.1 Å². The molecular weight excluding hydrogens is 188 g/mol. The summed E-state index contributed by atoms with van der Waals surface area (Å²) in [7, 11) is 1.83. The lowest BCUT2D eigenvalue weighted by molar-refractivity contribution is 0.304. The number of pyridine rings is 1. The van der Waals surface area contributed by atoms with Crippen LogP contribution in [-0.4, -0.2) is 18.1 Å². The second kappa shape index (κ2) is 3.42. The third kappa shape index (κ3) is 1.86. The lowest BCUT2D eigenvalue weighted by atomic mass is 10.4. The third-order valence-corrected chi connectivity index (χ3v) is 2.20. The number of hydrogen-bond acceptors (Lipinski definition) is 3. The molecule has 1 aliphatic carbocycles. The molecule has 2 rings (SSSR count). The molecule has 1 aromatic heterocycles. The van der Waals surface area contributed by atoms with Gasteiger partial charge in [-0.05, 0) is 12.8 Å². The molecule has 1 fully saturated rings. The zero-order valence-electron chi connectivity index (χ0n) is 7.38. The van der Waals surface area contributed by atoms with Crippen LogP contribution in [0.1, 0.15) is 12.8 Å². The third-order valence-electron chi connectivity index (χ3n) is 1.93. The van der Waals surface area contributed by atoms with Crippen molar-refractivity contribution in [3.63, 3.8) is 0 Å². The van der Waals surface area contributed by atoms with Crippen molar-refractivity contribution in [1.29, 1.82) is 0 Å². The SMILES string of the molecule is CNc1cncc(Cl)c1OC1CC1. The highest BCUT2D eigenvalue weighted by Gasteiger charge is 2.25. The van der Waals surface area contributed by atoms with Gasteiger partial charge in [0.05, 0.1) is 18.0 Å². The summed E-state index contributed by atoms with van der Waals surface area (Å²) >= 11 is 5.95. The van der Waals surface area contributed by atoms with Crippen LogP contribution in [0.4, 0.5) is 5.69 Å². The molecular formula is C9H11ClN2O. The van der Waals surface area contributed by atoms with Gasteiger partial charge in [-0.25, -0.2) is 0 Å². The summed E-state index contributed by atoms with van der Waals surface area (Å²) in [6, 6.07) is 0. The maximum atomic E-state index is 5.95. The van der Waals surface area contributed by atoms with E-state index in [2.05, 4.69) is 10.3 Å². The predicted octanol–water partition coefficient (Wildman–Crippen LogP) is 2.32. The molecule has 0 atom stereocenters. The average Bonchev–Trinajstić information content (AvgIpc) is 2.92. The van der Waals surface area contributed by atoms with Crippen LogP contribution in [0, 0.1) is 0 Å². The lowest BCUT2D eigenvalue weighted by Crippen LogP contribution is -2.01. The maximum Gasteiger partial charge on any atom is 0.164 e. The highest BCUT2D eigenvalue weighted by Crippen LogP contribution is 2.36. The van der Waals surface area contributed by atoms with Gasteiger partial charge in [0.25, 0.3) is 0 Å².